The normalized spacial score (nSPS) is 27.8. The second-order valence-corrected chi connectivity index (χ2v) is 3.87. The van der Waals surface area contributed by atoms with Gasteiger partial charge in [-0.25, -0.2) is 4.98 Å². The molecule has 1 aromatic rings. The van der Waals surface area contributed by atoms with Crippen LogP contribution in [0, 0.1) is 0 Å². The maximum absolute atomic E-state index is 9.46. The first-order valence-electron chi connectivity index (χ1n) is 5.13. The van der Waals surface area contributed by atoms with Gasteiger partial charge in [0.15, 0.2) is 6.39 Å². The van der Waals surface area contributed by atoms with Crippen molar-refractivity contribution in [3.63, 3.8) is 0 Å². The van der Waals surface area contributed by atoms with Gasteiger partial charge in [-0.05, 0) is 25.7 Å². The molecule has 1 aromatic heterocycles. The van der Waals surface area contributed by atoms with E-state index in [-0.39, 0.29) is 6.10 Å². The van der Waals surface area contributed by atoms with Crippen LogP contribution in [0.25, 0.3) is 0 Å². The van der Waals surface area contributed by atoms with Gasteiger partial charge < -0.3 is 14.8 Å². The first-order chi connectivity index (χ1) is 6.84. The molecule has 14 heavy (non-hydrogen) atoms. The summed E-state index contributed by atoms with van der Waals surface area (Å²) < 4.78 is 5.12. The number of hydrogen-bond acceptors (Lipinski definition) is 4. The Morgan fingerprint density at radius 3 is 3.21 bits per heavy atom. The Bertz CT molecular complexity index is 261. The van der Waals surface area contributed by atoms with E-state index < -0.39 is 0 Å². The third-order valence-corrected chi connectivity index (χ3v) is 2.69. The van der Waals surface area contributed by atoms with E-state index in [2.05, 4.69) is 10.3 Å². The molecule has 2 unspecified atom stereocenters. The largest absolute Gasteiger partial charge is 0.447 e. The molecule has 0 spiro atoms. The highest BCUT2D eigenvalue weighted by Gasteiger charge is 2.19. The summed E-state index contributed by atoms with van der Waals surface area (Å²) in [6.45, 7) is 0.706. The minimum Gasteiger partial charge on any atom is -0.447 e. The molecule has 78 valence electrons. The third kappa shape index (κ3) is 2.56. The molecule has 4 heteroatoms. The summed E-state index contributed by atoms with van der Waals surface area (Å²) in [4.78, 5) is 3.84. The lowest BCUT2D eigenvalue weighted by Crippen LogP contribution is -2.35. The molecule has 0 radical (unpaired) electrons. The van der Waals surface area contributed by atoms with Crippen molar-refractivity contribution in [1.82, 2.24) is 10.3 Å². The number of rotatable bonds is 3. The lowest BCUT2D eigenvalue weighted by molar-refractivity contribution is 0.111. The molecule has 0 aliphatic heterocycles. The van der Waals surface area contributed by atoms with Crippen LogP contribution >= 0.6 is 0 Å². The van der Waals surface area contributed by atoms with Gasteiger partial charge in [0.05, 0.1) is 18.8 Å². The SMILES string of the molecule is OC1CCCC(NCc2cnco2)C1. The van der Waals surface area contributed by atoms with Gasteiger partial charge in [0.1, 0.15) is 5.76 Å². The zero-order chi connectivity index (χ0) is 9.80. The van der Waals surface area contributed by atoms with Crippen LogP contribution in [0.4, 0.5) is 0 Å². The monoisotopic (exact) mass is 196 g/mol. The van der Waals surface area contributed by atoms with E-state index >= 15 is 0 Å². The number of aromatic nitrogens is 1. The van der Waals surface area contributed by atoms with Crippen molar-refractivity contribution >= 4 is 0 Å². The first-order valence-corrected chi connectivity index (χ1v) is 5.13. The second kappa shape index (κ2) is 4.57. The molecule has 0 saturated heterocycles. The maximum atomic E-state index is 9.46. The molecule has 0 bridgehead atoms. The quantitative estimate of drug-likeness (QED) is 0.759. The zero-order valence-electron chi connectivity index (χ0n) is 8.15. The molecule has 1 aliphatic rings. The van der Waals surface area contributed by atoms with Crippen LogP contribution in [0.1, 0.15) is 31.4 Å². The van der Waals surface area contributed by atoms with Gasteiger partial charge in [0, 0.05) is 6.04 Å². The molecular weight excluding hydrogens is 180 g/mol. The zero-order valence-corrected chi connectivity index (χ0v) is 8.15. The van der Waals surface area contributed by atoms with Crippen LogP contribution in [0.15, 0.2) is 17.0 Å². The first kappa shape index (κ1) is 9.68. The molecule has 1 saturated carbocycles. The Hall–Kier alpha value is -0.870. The summed E-state index contributed by atoms with van der Waals surface area (Å²) >= 11 is 0. The van der Waals surface area contributed by atoms with Gasteiger partial charge >= 0.3 is 0 Å². The minimum absolute atomic E-state index is 0.129. The number of oxazole rings is 1. The Kier molecular flexibility index (Phi) is 3.16. The van der Waals surface area contributed by atoms with Gasteiger partial charge in [-0.15, -0.1) is 0 Å². The van der Waals surface area contributed by atoms with Gasteiger partial charge in [0.25, 0.3) is 0 Å². The Balaban J connectivity index is 1.75. The molecule has 2 rings (SSSR count). The predicted molar refractivity (Wildman–Crippen MR) is 51.6 cm³/mol. The predicted octanol–water partition coefficient (Wildman–Crippen LogP) is 1.07. The fourth-order valence-corrected chi connectivity index (χ4v) is 1.92. The fourth-order valence-electron chi connectivity index (χ4n) is 1.92. The number of hydrogen-bond donors (Lipinski definition) is 2. The van der Waals surface area contributed by atoms with Crippen LogP contribution in [0.2, 0.25) is 0 Å². The lowest BCUT2D eigenvalue weighted by Gasteiger charge is -2.26. The Labute approximate surface area is 83.3 Å². The van der Waals surface area contributed by atoms with E-state index in [0.29, 0.717) is 12.6 Å². The number of aliphatic hydroxyl groups is 1. The van der Waals surface area contributed by atoms with E-state index in [9.17, 15) is 5.11 Å². The van der Waals surface area contributed by atoms with Gasteiger partial charge in [-0.1, -0.05) is 0 Å². The summed E-state index contributed by atoms with van der Waals surface area (Å²) in [5.41, 5.74) is 0. The Morgan fingerprint density at radius 1 is 1.57 bits per heavy atom. The molecular formula is C10H16N2O2. The van der Waals surface area contributed by atoms with Crippen LogP contribution in [0.5, 0.6) is 0 Å². The summed E-state index contributed by atoms with van der Waals surface area (Å²) in [5.74, 6) is 0.852. The molecule has 0 aromatic carbocycles. The molecule has 2 atom stereocenters. The lowest BCUT2D eigenvalue weighted by atomic mass is 9.93. The molecule has 1 fully saturated rings. The third-order valence-electron chi connectivity index (χ3n) is 2.69. The summed E-state index contributed by atoms with van der Waals surface area (Å²) in [6, 6.07) is 0.420. The highest BCUT2D eigenvalue weighted by atomic mass is 16.3. The van der Waals surface area contributed by atoms with Crippen molar-refractivity contribution < 1.29 is 9.52 Å². The average Bonchev–Trinajstić information content (AvgIpc) is 2.67. The van der Waals surface area contributed by atoms with Crippen LogP contribution in [-0.2, 0) is 6.54 Å². The van der Waals surface area contributed by atoms with Gasteiger partial charge in [-0.2, -0.15) is 0 Å². The number of aliphatic hydroxyl groups excluding tert-OH is 1. The summed E-state index contributed by atoms with van der Waals surface area (Å²) in [5, 5.41) is 12.8. The van der Waals surface area contributed by atoms with Crippen LogP contribution in [-0.4, -0.2) is 22.2 Å². The van der Waals surface area contributed by atoms with Crippen LogP contribution in [0.3, 0.4) is 0 Å². The molecule has 2 N–H and O–H groups in total. The van der Waals surface area contributed by atoms with Crippen molar-refractivity contribution in [2.75, 3.05) is 0 Å². The maximum Gasteiger partial charge on any atom is 0.180 e. The van der Waals surface area contributed by atoms with Crippen molar-refractivity contribution in [3.8, 4) is 0 Å². The summed E-state index contributed by atoms with van der Waals surface area (Å²) in [6.07, 6.45) is 7.07. The van der Waals surface area contributed by atoms with Crippen molar-refractivity contribution in [2.45, 2.75) is 44.4 Å². The number of nitrogens with zero attached hydrogens (tertiary/aromatic N) is 1. The molecule has 1 heterocycles. The van der Waals surface area contributed by atoms with Crippen molar-refractivity contribution in [1.29, 1.82) is 0 Å². The van der Waals surface area contributed by atoms with E-state index in [4.69, 9.17) is 4.42 Å². The molecule has 4 nitrogen and oxygen atoms in total. The smallest absolute Gasteiger partial charge is 0.180 e. The minimum atomic E-state index is -0.129. The molecule has 1 aliphatic carbocycles. The van der Waals surface area contributed by atoms with Gasteiger partial charge in [0.2, 0.25) is 0 Å². The van der Waals surface area contributed by atoms with Crippen LogP contribution < -0.4 is 5.32 Å². The van der Waals surface area contributed by atoms with Crippen molar-refractivity contribution in [2.24, 2.45) is 0 Å². The topological polar surface area (TPSA) is 58.3 Å². The standard InChI is InChI=1S/C10H16N2O2/c13-9-3-1-2-8(4-9)12-6-10-5-11-7-14-10/h5,7-9,12-13H,1-4,6H2. The van der Waals surface area contributed by atoms with E-state index in [1.54, 1.807) is 6.20 Å². The highest BCUT2D eigenvalue weighted by molar-refractivity contribution is 4.89. The van der Waals surface area contributed by atoms with E-state index in [1.807, 2.05) is 0 Å². The Morgan fingerprint density at radius 2 is 2.50 bits per heavy atom. The fraction of sp³-hybridized carbons (Fsp3) is 0.700. The second-order valence-electron chi connectivity index (χ2n) is 3.87. The number of nitrogens with one attached hydrogen (secondary N) is 1. The molecule has 0 amide bonds. The average molecular weight is 196 g/mol. The van der Waals surface area contributed by atoms with Gasteiger partial charge in [-0.3, -0.25) is 0 Å². The van der Waals surface area contributed by atoms with E-state index in [0.717, 1.165) is 31.4 Å². The highest BCUT2D eigenvalue weighted by Crippen LogP contribution is 2.18. The van der Waals surface area contributed by atoms with E-state index in [1.165, 1.54) is 6.39 Å². The summed E-state index contributed by atoms with van der Waals surface area (Å²) in [7, 11) is 0. The van der Waals surface area contributed by atoms with Crippen molar-refractivity contribution in [3.05, 3.63) is 18.4 Å².